The van der Waals surface area contributed by atoms with Crippen LogP contribution in [0.25, 0.3) is 0 Å². The van der Waals surface area contributed by atoms with Gasteiger partial charge in [0.25, 0.3) is 0 Å². The highest BCUT2D eigenvalue weighted by atomic mass is 19.1. The molecule has 0 atom stereocenters. The standard InChI is InChI=1S/C21H35FN4O/c1-4-23-20(25-17-21(10-5-11-21)12-15-27-3)24-13-14-26(2)16-18-6-8-19(22)9-7-18/h6-9H,4-5,10-17H2,1-3H3,(H2,23,24,25). The van der Waals surface area contributed by atoms with Crippen LogP contribution < -0.4 is 10.6 Å². The molecule has 1 aromatic rings. The molecule has 1 aromatic carbocycles. The lowest BCUT2D eigenvalue weighted by molar-refractivity contribution is 0.0778. The zero-order valence-electron chi connectivity index (χ0n) is 17.1. The van der Waals surface area contributed by atoms with Crippen molar-refractivity contribution in [3.8, 4) is 0 Å². The first-order chi connectivity index (χ1) is 13.1. The first-order valence-corrected chi connectivity index (χ1v) is 10.0. The largest absolute Gasteiger partial charge is 0.385 e. The van der Waals surface area contributed by atoms with Crippen LogP contribution in [0, 0.1) is 11.2 Å². The van der Waals surface area contributed by atoms with E-state index in [-0.39, 0.29) is 5.82 Å². The number of benzene rings is 1. The number of nitrogens with zero attached hydrogens (tertiary/aromatic N) is 2. The van der Waals surface area contributed by atoms with Crippen LogP contribution in [0.3, 0.4) is 0 Å². The van der Waals surface area contributed by atoms with Crippen molar-refractivity contribution in [2.24, 2.45) is 10.4 Å². The molecule has 0 amide bonds. The molecule has 6 heteroatoms. The molecule has 2 N–H and O–H groups in total. The van der Waals surface area contributed by atoms with Crippen LogP contribution in [-0.2, 0) is 11.3 Å². The quantitative estimate of drug-likeness (QED) is 0.459. The van der Waals surface area contributed by atoms with Crippen LogP contribution in [0.15, 0.2) is 29.3 Å². The normalized spacial score (nSPS) is 16.3. The minimum absolute atomic E-state index is 0.190. The summed E-state index contributed by atoms with van der Waals surface area (Å²) in [7, 11) is 3.84. The number of guanidine groups is 1. The fourth-order valence-corrected chi connectivity index (χ4v) is 3.42. The van der Waals surface area contributed by atoms with Gasteiger partial charge in [-0.05, 0) is 56.3 Å². The summed E-state index contributed by atoms with van der Waals surface area (Å²) in [5.41, 5.74) is 1.45. The molecule has 0 spiro atoms. The Morgan fingerprint density at radius 2 is 2.00 bits per heavy atom. The predicted octanol–water partition coefficient (Wildman–Crippen LogP) is 3.02. The Hall–Kier alpha value is -1.66. The lowest BCUT2D eigenvalue weighted by Crippen LogP contribution is -2.42. The van der Waals surface area contributed by atoms with Gasteiger partial charge in [-0.2, -0.15) is 0 Å². The molecule has 0 bridgehead atoms. The fourth-order valence-electron chi connectivity index (χ4n) is 3.42. The predicted molar refractivity (Wildman–Crippen MR) is 109 cm³/mol. The zero-order chi connectivity index (χ0) is 19.5. The number of likely N-dealkylation sites (N-methyl/N-ethyl adjacent to an activating group) is 1. The molecule has 1 saturated carbocycles. The van der Waals surface area contributed by atoms with E-state index < -0.39 is 0 Å². The molecule has 0 radical (unpaired) electrons. The number of nitrogens with one attached hydrogen (secondary N) is 2. The number of halogens is 1. The van der Waals surface area contributed by atoms with Crippen molar-refractivity contribution in [3.05, 3.63) is 35.6 Å². The van der Waals surface area contributed by atoms with Gasteiger partial charge in [-0.15, -0.1) is 0 Å². The SMILES string of the molecule is CCNC(=NCC1(CCOC)CCC1)NCCN(C)Cc1ccc(F)cc1. The van der Waals surface area contributed by atoms with Gasteiger partial charge in [0.05, 0.1) is 0 Å². The highest BCUT2D eigenvalue weighted by molar-refractivity contribution is 5.79. The van der Waals surface area contributed by atoms with E-state index in [1.807, 2.05) is 12.1 Å². The molecule has 5 nitrogen and oxygen atoms in total. The van der Waals surface area contributed by atoms with Gasteiger partial charge >= 0.3 is 0 Å². The molecule has 1 aliphatic rings. The van der Waals surface area contributed by atoms with E-state index in [1.54, 1.807) is 7.11 Å². The Morgan fingerprint density at radius 3 is 2.59 bits per heavy atom. The molecule has 0 saturated heterocycles. The van der Waals surface area contributed by atoms with Gasteiger partial charge in [-0.3, -0.25) is 4.99 Å². The zero-order valence-corrected chi connectivity index (χ0v) is 17.1. The molecule has 0 heterocycles. The van der Waals surface area contributed by atoms with Crippen molar-refractivity contribution >= 4 is 5.96 Å². The number of methoxy groups -OCH3 is 1. The summed E-state index contributed by atoms with van der Waals surface area (Å²) >= 11 is 0. The average Bonchev–Trinajstić information content (AvgIpc) is 2.62. The summed E-state index contributed by atoms with van der Waals surface area (Å²) in [5, 5.41) is 6.77. The van der Waals surface area contributed by atoms with Crippen LogP contribution in [0.2, 0.25) is 0 Å². The first-order valence-electron chi connectivity index (χ1n) is 10.0. The topological polar surface area (TPSA) is 48.9 Å². The average molecular weight is 379 g/mol. The van der Waals surface area contributed by atoms with Gasteiger partial charge < -0.3 is 20.3 Å². The van der Waals surface area contributed by atoms with Gasteiger partial charge in [0.2, 0.25) is 0 Å². The van der Waals surface area contributed by atoms with Gasteiger partial charge in [-0.25, -0.2) is 4.39 Å². The third-order valence-corrected chi connectivity index (χ3v) is 5.32. The van der Waals surface area contributed by atoms with Gasteiger partial charge in [0.1, 0.15) is 5.82 Å². The molecule has 152 valence electrons. The maximum Gasteiger partial charge on any atom is 0.191 e. The van der Waals surface area contributed by atoms with E-state index in [0.717, 1.165) is 57.3 Å². The Kier molecular flexibility index (Phi) is 9.01. The van der Waals surface area contributed by atoms with Crippen molar-refractivity contribution in [3.63, 3.8) is 0 Å². The highest BCUT2D eigenvalue weighted by Gasteiger charge is 2.36. The number of hydrogen-bond acceptors (Lipinski definition) is 3. The number of hydrogen-bond donors (Lipinski definition) is 2. The summed E-state index contributed by atoms with van der Waals surface area (Å²) in [4.78, 5) is 7.05. The molecular weight excluding hydrogens is 343 g/mol. The highest BCUT2D eigenvalue weighted by Crippen LogP contribution is 2.44. The molecule has 0 aromatic heterocycles. The number of rotatable bonds is 11. The second kappa shape index (κ2) is 11.2. The Morgan fingerprint density at radius 1 is 1.26 bits per heavy atom. The van der Waals surface area contributed by atoms with E-state index in [4.69, 9.17) is 9.73 Å². The van der Waals surface area contributed by atoms with E-state index >= 15 is 0 Å². The summed E-state index contributed by atoms with van der Waals surface area (Å²) in [5.74, 6) is 0.695. The second-order valence-electron chi connectivity index (χ2n) is 7.58. The van der Waals surface area contributed by atoms with Crippen molar-refractivity contribution in [1.29, 1.82) is 0 Å². The van der Waals surface area contributed by atoms with Crippen molar-refractivity contribution in [2.45, 2.75) is 39.2 Å². The Balaban J connectivity index is 1.76. The van der Waals surface area contributed by atoms with Crippen molar-refractivity contribution < 1.29 is 9.13 Å². The van der Waals surface area contributed by atoms with E-state index in [0.29, 0.717) is 5.41 Å². The minimum atomic E-state index is -0.190. The fraction of sp³-hybridized carbons (Fsp3) is 0.667. The lowest BCUT2D eigenvalue weighted by Gasteiger charge is -2.40. The van der Waals surface area contributed by atoms with Gasteiger partial charge in [-0.1, -0.05) is 18.6 Å². The van der Waals surface area contributed by atoms with Crippen molar-refractivity contribution in [2.75, 3.05) is 46.9 Å². The molecule has 0 aliphatic heterocycles. The number of aliphatic imine (C=N–C) groups is 1. The van der Waals surface area contributed by atoms with Crippen LogP contribution in [0.1, 0.15) is 38.2 Å². The van der Waals surface area contributed by atoms with Crippen LogP contribution in [-0.4, -0.2) is 57.8 Å². The first kappa shape index (κ1) is 21.6. The lowest BCUT2D eigenvalue weighted by atomic mass is 9.67. The van der Waals surface area contributed by atoms with E-state index in [9.17, 15) is 4.39 Å². The maximum absolute atomic E-state index is 13.0. The minimum Gasteiger partial charge on any atom is -0.385 e. The summed E-state index contributed by atoms with van der Waals surface area (Å²) in [6.45, 7) is 7.11. The second-order valence-corrected chi connectivity index (χ2v) is 7.58. The number of ether oxygens (including phenoxy) is 1. The Bertz CT molecular complexity index is 572. The monoisotopic (exact) mass is 378 g/mol. The third-order valence-electron chi connectivity index (χ3n) is 5.32. The third kappa shape index (κ3) is 7.46. The summed E-state index contributed by atoms with van der Waals surface area (Å²) in [6.07, 6.45) is 4.89. The van der Waals surface area contributed by atoms with E-state index in [2.05, 4.69) is 29.5 Å². The van der Waals surface area contributed by atoms with Crippen LogP contribution in [0.4, 0.5) is 4.39 Å². The molecule has 2 rings (SSSR count). The summed E-state index contributed by atoms with van der Waals surface area (Å²) < 4.78 is 18.3. The Labute approximate surface area is 163 Å². The molecule has 1 fully saturated rings. The maximum atomic E-state index is 13.0. The van der Waals surface area contributed by atoms with Crippen LogP contribution in [0.5, 0.6) is 0 Å². The molecular formula is C21H35FN4O. The molecule has 27 heavy (non-hydrogen) atoms. The van der Waals surface area contributed by atoms with Crippen molar-refractivity contribution in [1.82, 2.24) is 15.5 Å². The van der Waals surface area contributed by atoms with Crippen LogP contribution >= 0.6 is 0 Å². The van der Waals surface area contributed by atoms with E-state index in [1.165, 1.54) is 31.4 Å². The molecule has 0 unspecified atom stereocenters. The van der Waals surface area contributed by atoms with Gasteiger partial charge in [0.15, 0.2) is 5.96 Å². The van der Waals surface area contributed by atoms with Gasteiger partial charge in [0, 0.05) is 46.4 Å². The summed E-state index contributed by atoms with van der Waals surface area (Å²) in [6, 6.07) is 6.69. The smallest absolute Gasteiger partial charge is 0.191 e. The molecule has 1 aliphatic carbocycles.